The number of aromatic amines is 1. The lowest BCUT2D eigenvalue weighted by atomic mass is 9.98. The number of H-pyrrole nitrogens is 1. The van der Waals surface area contributed by atoms with Gasteiger partial charge in [0.15, 0.2) is 35.1 Å². The van der Waals surface area contributed by atoms with Crippen LogP contribution in [0.1, 0.15) is 31.7 Å². The maximum absolute atomic E-state index is 13.1. The molecule has 18 nitrogen and oxygen atoms in total. The van der Waals surface area contributed by atoms with E-state index < -0.39 is 44.3 Å². The molecule has 2 bridgehead atoms. The molecule has 6 N–H and O–H groups in total. The Morgan fingerprint density at radius 2 is 1.85 bits per heavy atom. The molecule has 3 saturated heterocycles. The molecule has 4 aromatic rings. The number of nitrogens with zero attached hydrogens (tertiary/aromatic N) is 7. The van der Waals surface area contributed by atoms with Crippen molar-refractivity contribution in [2.24, 2.45) is 5.92 Å². The second-order valence-corrected chi connectivity index (χ2v) is 11.1. The van der Waals surface area contributed by atoms with E-state index in [1.165, 1.54) is 17.2 Å². The molecule has 0 saturated carbocycles. The summed E-state index contributed by atoms with van der Waals surface area (Å²) in [6, 6.07) is 0. The van der Waals surface area contributed by atoms with Crippen molar-refractivity contribution in [2.75, 3.05) is 24.7 Å². The topological polar surface area (TPSA) is 243 Å². The zero-order valence-corrected chi connectivity index (χ0v) is 21.7. The summed E-state index contributed by atoms with van der Waals surface area (Å²) in [6.07, 6.45) is 1.71. The standard InChI is InChI=1S/C21H25N10O8P/c22-16-14-17(25-6-24-16)30(7-26-14)12-3-9-1-2-35-13-4-10(39-40(33,34)36-5-11(9)37-12)20(38-13)31-8-27-15-18(31)28-21(23)29-19(15)32/h6-13,20H,1-5H2,(H,33,34)(H2,22,24,25)(H3,23,28,29,32)/t9-,10+,11+,12+,13?,20+/m0/s1. The number of imidazole rings is 2. The van der Waals surface area contributed by atoms with Crippen LogP contribution in [-0.4, -0.2) is 75.6 Å². The number of nitrogen functional groups attached to an aromatic ring is 2. The molecular formula is C21H25N10O8P. The molecule has 7 heterocycles. The Balaban J connectivity index is 1.13. The molecule has 7 atom stereocenters. The van der Waals surface area contributed by atoms with Crippen molar-refractivity contribution in [3.05, 3.63) is 29.3 Å². The summed E-state index contributed by atoms with van der Waals surface area (Å²) < 4.78 is 45.5. The molecule has 3 aliphatic rings. The van der Waals surface area contributed by atoms with Crippen LogP contribution < -0.4 is 17.0 Å². The summed E-state index contributed by atoms with van der Waals surface area (Å²) in [5.74, 6) is 0.0472. The molecule has 212 valence electrons. The van der Waals surface area contributed by atoms with E-state index in [1.807, 2.05) is 0 Å². The quantitative estimate of drug-likeness (QED) is 0.233. The Morgan fingerprint density at radius 1 is 1.02 bits per heavy atom. The molecule has 19 heteroatoms. The number of hydrogen-bond donors (Lipinski definition) is 4. The van der Waals surface area contributed by atoms with E-state index in [4.69, 9.17) is 34.7 Å². The van der Waals surface area contributed by atoms with Crippen LogP contribution in [0.15, 0.2) is 23.8 Å². The van der Waals surface area contributed by atoms with Gasteiger partial charge in [-0.05, 0) is 18.8 Å². The minimum atomic E-state index is -4.60. The average molecular weight is 576 g/mol. The molecule has 4 aromatic heterocycles. The third-order valence-corrected chi connectivity index (χ3v) is 8.29. The molecule has 3 fully saturated rings. The van der Waals surface area contributed by atoms with E-state index in [1.54, 1.807) is 10.9 Å². The first-order valence-corrected chi connectivity index (χ1v) is 14.0. The highest BCUT2D eigenvalue weighted by molar-refractivity contribution is 7.47. The first-order valence-electron chi connectivity index (χ1n) is 12.5. The van der Waals surface area contributed by atoms with Crippen LogP contribution >= 0.6 is 7.82 Å². The van der Waals surface area contributed by atoms with Crippen LogP contribution in [0.2, 0.25) is 0 Å². The Morgan fingerprint density at radius 3 is 2.73 bits per heavy atom. The highest BCUT2D eigenvalue weighted by atomic mass is 31.2. The molecule has 0 radical (unpaired) electrons. The molecule has 7 rings (SSSR count). The monoisotopic (exact) mass is 576 g/mol. The van der Waals surface area contributed by atoms with Gasteiger partial charge in [-0.15, -0.1) is 0 Å². The normalized spacial score (nSPS) is 33.1. The van der Waals surface area contributed by atoms with Gasteiger partial charge in [0.2, 0.25) is 5.95 Å². The van der Waals surface area contributed by atoms with Gasteiger partial charge in [-0.3, -0.25) is 28.0 Å². The number of phosphoric ester groups is 1. The number of fused-ring (bicyclic) bond motifs is 5. The summed E-state index contributed by atoms with van der Waals surface area (Å²) in [6.45, 7) is 0.106. The Labute approximate surface area is 224 Å². The van der Waals surface area contributed by atoms with Crippen LogP contribution in [0, 0.1) is 5.92 Å². The third kappa shape index (κ3) is 4.43. The summed E-state index contributed by atoms with van der Waals surface area (Å²) in [7, 11) is -4.60. The zero-order valence-electron chi connectivity index (χ0n) is 20.8. The largest absolute Gasteiger partial charge is 0.472 e. The Bertz CT molecular complexity index is 1690. The number of rotatable bonds is 2. The van der Waals surface area contributed by atoms with Crippen LogP contribution in [0.25, 0.3) is 22.3 Å². The van der Waals surface area contributed by atoms with Gasteiger partial charge in [0, 0.05) is 6.42 Å². The molecule has 0 aliphatic carbocycles. The van der Waals surface area contributed by atoms with Crippen molar-refractivity contribution >= 4 is 41.9 Å². The summed E-state index contributed by atoms with van der Waals surface area (Å²) in [4.78, 5) is 46.0. The minimum Gasteiger partial charge on any atom is -0.382 e. The van der Waals surface area contributed by atoms with Crippen LogP contribution in [-0.2, 0) is 27.8 Å². The molecule has 2 unspecified atom stereocenters. The van der Waals surface area contributed by atoms with Crippen molar-refractivity contribution in [2.45, 2.75) is 50.2 Å². The fourth-order valence-corrected chi connectivity index (χ4v) is 6.35. The van der Waals surface area contributed by atoms with Gasteiger partial charge in [0.1, 0.15) is 24.2 Å². The lowest BCUT2D eigenvalue weighted by Gasteiger charge is -2.24. The zero-order chi connectivity index (χ0) is 27.6. The Kier molecular flexibility index (Phi) is 6.08. The second-order valence-electron chi connectivity index (χ2n) is 9.74. The molecule has 0 aromatic carbocycles. The second kappa shape index (κ2) is 9.55. The smallest absolute Gasteiger partial charge is 0.382 e. The lowest BCUT2D eigenvalue weighted by molar-refractivity contribution is -0.155. The predicted octanol–water partition coefficient (Wildman–Crippen LogP) is 0.195. The molecule has 40 heavy (non-hydrogen) atoms. The molecular weight excluding hydrogens is 551 g/mol. The van der Waals surface area contributed by atoms with Crippen molar-refractivity contribution in [1.82, 2.24) is 39.0 Å². The van der Waals surface area contributed by atoms with E-state index in [0.717, 1.165) is 0 Å². The van der Waals surface area contributed by atoms with E-state index in [0.29, 0.717) is 30.6 Å². The number of aromatic nitrogens is 8. The average Bonchev–Trinajstić information content (AvgIpc) is 3.67. The third-order valence-electron chi connectivity index (χ3n) is 7.28. The van der Waals surface area contributed by atoms with Crippen molar-refractivity contribution in [1.29, 1.82) is 0 Å². The van der Waals surface area contributed by atoms with Crippen LogP contribution in [0.5, 0.6) is 0 Å². The Hall–Kier alpha value is -3.51. The van der Waals surface area contributed by atoms with E-state index in [-0.39, 0.29) is 41.9 Å². The van der Waals surface area contributed by atoms with Gasteiger partial charge in [0.05, 0.1) is 32.0 Å². The highest BCUT2D eigenvalue weighted by Crippen LogP contribution is 2.51. The van der Waals surface area contributed by atoms with Crippen LogP contribution in [0.3, 0.4) is 0 Å². The first kappa shape index (κ1) is 25.5. The summed E-state index contributed by atoms with van der Waals surface area (Å²) in [5, 5.41) is 0. The van der Waals surface area contributed by atoms with Crippen molar-refractivity contribution in [3.63, 3.8) is 0 Å². The van der Waals surface area contributed by atoms with E-state index >= 15 is 0 Å². The minimum absolute atomic E-state index is 0.0293. The van der Waals surface area contributed by atoms with Gasteiger partial charge >= 0.3 is 7.82 Å². The van der Waals surface area contributed by atoms with Crippen LogP contribution in [0.4, 0.5) is 11.8 Å². The summed E-state index contributed by atoms with van der Waals surface area (Å²) in [5.41, 5.74) is 12.2. The first-order chi connectivity index (χ1) is 19.3. The molecule has 0 spiro atoms. The number of hydrogen-bond acceptors (Lipinski definition) is 14. The summed E-state index contributed by atoms with van der Waals surface area (Å²) >= 11 is 0. The maximum Gasteiger partial charge on any atom is 0.472 e. The fraction of sp³-hybridized carbons (Fsp3) is 0.524. The van der Waals surface area contributed by atoms with Gasteiger partial charge in [0.25, 0.3) is 5.56 Å². The van der Waals surface area contributed by atoms with Crippen molar-refractivity contribution < 1.29 is 32.7 Å². The van der Waals surface area contributed by atoms with Gasteiger partial charge in [-0.2, -0.15) is 4.98 Å². The maximum atomic E-state index is 13.1. The predicted molar refractivity (Wildman–Crippen MR) is 134 cm³/mol. The van der Waals surface area contributed by atoms with Crippen molar-refractivity contribution in [3.8, 4) is 0 Å². The number of phosphoric acid groups is 1. The van der Waals surface area contributed by atoms with Gasteiger partial charge < -0.3 is 30.6 Å². The molecule has 3 aliphatic heterocycles. The number of nitrogens with one attached hydrogen (secondary N) is 1. The van der Waals surface area contributed by atoms with E-state index in [9.17, 15) is 14.3 Å². The van der Waals surface area contributed by atoms with E-state index in [2.05, 4.69) is 29.9 Å². The lowest BCUT2D eigenvalue weighted by Crippen LogP contribution is -2.26. The highest BCUT2D eigenvalue weighted by Gasteiger charge is 2.45. The van der Waals surface area contributed by atoms with Gasteiger partial charge in [-0.25, -0.2) is 24.5 Å². The SMILES string of the molecule is Nc1nc2c(ncn2[C@@H]2OC3C[C@H]2OP(=O)(O)OC[C@H]2O[C@@H](n4cnc5c(N)ncnc54)C[C@@H]2CCO3)c(=O)[nH]1. The number of anilines is 2. The molecule has 0 amide bonds. The van der Waals surface area contributed by atoms with Gasteiger partial charge in [-0.1, -0.05) is 0 Å². The fourth-order valence-electron chi connectivity index (χ4n) is 5.42. The number of ether oxygens (including phenoxy) is 3. The number of nitrogens with two attached hydrogens (primary N) is 2.